The van der Waals surface area contributed by atoms with Crippen LogP contribution in [-0.2, 0) is 11.4 Å². The monoisotopic (exact) mass is 408 g/mol. The number of carbonyl (C=O) groups is 2. The van der Waals surface area contributed by atoms with Crippen LogP contribution in [0.5, 0.6) is 11.5 Å². The third-order valence-corrected chi connectivity index (χ3v) is 3.96. The molecule has 2 aromatic rings. The summed E-state index contributed by atoms with van der Waals surface area (Å²) in [4.78, 5) is 23.0. The maximum Gasteiger partial charge on any atom is 0.335 e. The fourth-order valence-corrected chi connectivity index (χ4v) is 2.56. The van der Waals surface area contributed by atoms with Gasteiger partial charge in [0.15, 0.2) is 11.5 Å². The van der Waals surface area contributed by atoms with Crippen LogP contribution < -0.4 is 14.8 Å². The van der Waals surface area contributed by atoms with Crippen LogP contribution in [0.1, 0.15) is 42.3 Å². The molecule has 7 heteroatoms. The number of nitrogens with one attached hydrogen (secondary N) is 1. The summed E-state index contributed by atoms with van der Waals surface area (Å²) in [6, 6.07) is 13.4. The van der Waals surface area contributed by atoms with Gasteiger partial charge in [-0.3, -0.25) is 4.79 Å². The highest BCUT2D eigenvalue weighted by atomic mass is 16.5. The molecule has 1 amide bonds. The summed E-state index contributed by atoms with van der Waals surface area (Å²) in [7, 11) is 0. The molecule has 0 aromatic heterocycles. The Kier molecular flexibility index (Phi) is 8.00. The first-order chi connectivity index (χ1) is 14.3. The van der Waals surface area contributed by atoms with E-state index in [0.29, 0.717) is 23.7 Å². The number of hydrogen-bond donors (Lipinski definition) is 2. The van der Waals surface area contributed by atoms with Crippen molar-refractivity contribution in [3.05, 3.63) is 64.7 Å². The molecule has 0 aliphatic carbocycles. The smallest absolute Gasteiger partial charge is 0.335 e. The maximum atomic E-state index is 12.1. The maximum absolute atomic E-state index is 12.1. The van der Waals surface area contributed by atoms with Crippen molar-refractivity contribution in [3.8, 4) is 17.6 Å². The van der Waals surface area contributed by atoms with Gasteiger partial charge in [0, 0.05) is 6.04 Å². The van der Waals surface area contributed by atoms with Gasteiger partial charge in [-0.25, -0.2) is 4.79 Å². The molecule has 0 heterocycles. The number of carboxylic acid groups (broad SMARTS) is 1. The highest BCUT2D eigenvalue weighted by Crippen LogP contribution is 2.30. The molecule has 0 saturated carbocycles. The molecule has 0 spiro atoms. The van der Waals surface area contributed by atoms with E-state index in [0.717, 1.165) is 5.56 Å². The van der Waals surface area contributed by atoms with Gasteiger partial charge >= 0.3 is 5.97 Å². The molecule has 0 fully saturated rings. The van der Waals surface area contributed by atoms with E-state index in [4.69, 9.17) is 14.6 Å². The van der Waals surface area contributed by atoms with E-state index in [-0.39, 0.29) is 23.8 Å². The van der Waals surface area contributed by atoms with Crippen molar-refractivity contribution >= 4 is 18.0 Å². The van der Waals surface area contributed by atoms with E-state index in [1.54, 1.807) is 30.3 Å². The Morgan fingerprint density at radius 3 is 2.40 bits per heavy atom. The van der Waals surface area contributed by atoms with Crippen molar-refractivity contribution in [2.24, 2.45) is 0 Å². The van der Waals surface area contributed by atoms with Crippen LogP contribution in [0, 0.1) is 11.3 Å². The zero-order valence-corrected chi connectivity index (χ0v) is 17.1. The fourth-order valence-electron chi connectivity index (χ4n) is 2.56. The highest BCUT2D eigenvalue weighted by Gasteiger charge is 2.12. The zero-order valence-electron chi connectivity index (χ0n) is 17.1. The summed E-state index contributed by atoms with van der Waals surface area (Å²) >= 11 is 0. The minimum Gasteiger partial charge on any atom is -0.490 e. The van der Waals surface area contributed by atoms with Gasteiger partial charge in [-0.1, -0.05) is 18.2 Å². The van der Waals surface area contributed by atoms with Crippen molar-refractivity contribution < 1.29 is 24.2 Å². The Balaban J connectivity index is 2.19. The molecule has 30 heavy (non-hydrogen) atoms. The van der Waals surface area contributed by atoms with Gasteiger partial charge in [0.05, 0.1) is 12.2 Å². The number of nitrogens with zero attached hydrogens (tertiary/aromatic N) is 1. The number of ether oxygens (including phenoxy) is 2. The van der Waals surface area contributed by atoms with Crippen LogP contribution in [0.2, 0.25) is 0 Å². The second kappa shape index (κ2) is 10.7. The van der Waals surface area contributed by atoms with Gasteiger partial charge < -0.3 is 19.9 Å². The molecule has 2 rings (SSSR count). The van der Waals surface area contributed by atoms with Crippen LogP contribution in [0.25, 0.3) is 6.08 Å². The average molecular weight is 408 g/mol. The Bertz CT molecular complexity index is 972. The average Bonchev–Trinajstić information content (AvgIpc) is 2.71. The normalized spacial score (nSPS) is 11.0. The lowest BCUT2D eigenvalue weighted by Crippen LogP contribution is -2.30. The summed E-state index contributed by atoms with van der Waals surface area (Å²) in [5.74, 6) is -0.435. The first-order valence-corrected chi connectivity index (χ1v) is 9.48. The van der Waals surface area contributed by atoms with Crippen LogP contribution in [0.4, 0.5) is 0 Å². The second-order valence-corrected chi connectivity index (χ2v) is 6.73. The minimum atomic E-state index is -0.983. The van der Waals surface area contributed by atoms with E-state index in [2.05, 4.69) is 5.32 Å². The number of rotatable bonds is 9. The Labute approximate surface area is 175 Å². The third-order valence-electron chi connectivity index (χ3n) is 3.96. The molecular formula is C23H24N2O5. The lowest BCUT2D eigenvalue weighted by Gasteiger charge is -2.13. The first kappa shape index (κ1) is 22.5. The molecule has 2 N–H and O–H groups in total. The Morgan fingerprint density at radius 1 is 1.13 bits per heavy atom. The molecule has 2 aromatic carbocycles. The Morgan fingerprint density at radius 2 is 1.83 bits per heavy atom. The quantitative estimate of drug-likeness (QED) is 0.483. The number of carbonyl (C=O) groups excluding carboxylic acids is 1. The fraction of sp³-hybridized carbons (Fsp3) is 0.261. The zero-order chi connectivity index (χ0) is 22.1. The number of nitriles is 1. The first-order valence-electron chi connectivity index (χ1n) is 9.48. The van der Waals surface area contributed by atoms with Crippen LogP contribution in [0.15, 0.2) is 48.0 Å². The van der Waals surface area contributed by atoms with Crippen LogP contribution in [0.3, 0.4) is 0 Å². The predicted molar refractivity (Wildman–Crippen MR) is 112 cm³/mol. The molecule has 0 radical (unpaired) electrons. The molecule has 7 nitrogen and oxygen atoms in total. The number of amides is 1. The molecule has 0 aliphatic rings. The van der Waals surface area contributed by atoms with Crippen molar-refractivity contribution in [1.29, 1.82) is 5.26 Å². The van der Waals surface area contributed by atoms with Crippen molar-refractivity contribution in [2.75, 3.05) is 6.61 Å². The third kappa shape index (κ3) is 6.38. The lowest BCUT2D eigenvalue weighted by molar-refractivity contribution is -0.117. The summed E-state index contributed by atoms with van der Waals surface area (Å²) < 4.78 is 11.5. The largest absolute Gasteiger partial charge is 0.490 e. The summed E-state index contributed by atoms with van der Waals surface area (Å²) in [5, 5.41) is 20.9. The minimum absolute atomic E-state index is 0.00154. The van der Waals surface area contributed by atoms with E-state index >= 15 is 0 Å². The molecule has 0 bridgehead atoms. The highest BCUT2D eigenvalue weighted by molar-refractivity contribution is 6.01. The number of aromatic carboxylic acids is 1. The summed E-state index contributed by atoms with van der Waals surface area (Å²) in [5.41, 5.74) is 1.65. The van der Waals surface area contributed by atoms with Crippen LogP contribution >= 0.6 is 0 Å². The number of benzene rings is 2. The van der Waals surface area contributed by atoms with E-state index < -0.39 is 11.9 Å². The molecular weight excluding hydrogens is 384 g/mol. The molecule has 0 saturated heterocycles. The topological polar surface area (TPSA) is 109 Å². The molecule has 0 atom stereocenters. The van der Waals surface area contributed by atoms with Gasteiger partial charge in [-0.05, 0) is 62.2 Å². The van der Waals surface area contributed by atoms with Crippen molar-refractivity contribution in [1.82, 2.24) is 5.32 Å². The summed E-state index contributed by atoms with van der Waals surface area (Å²) in [6.45, 7) is 6.13. The van der Waals surface area contributed by atoms with Gasteiger partial charge in [0.2, 0.25) is 0 Å². The van der Waals surface area contributed by atoms with Crippen LogP contribution in [-0.4, -0.2) is 29.6 Å². The Hall–Kier alpha value is -3.79. The van der Waals surface area contributed by atoms with E-state index in [1.165, 1.54) is 18.2 Å². The van der Waals surface area contributed by atoms with Gasteiger partial charge in [0.25, 0.3) is 5.91 Å². The second-order valence-electron chi connectivity index (χ2n) is 6.73. The molecule has 0 unspecified atom stereocenters. The predicted octanol–water partition coefficient (Wildman–Crippen LogP) is 3.79. The molecule has 156 valence electrons. The van der Waals surface area contributed by atoms with E-state index in [9.17, 15) is 14.9 Å². The van der Waals surface area contributed by atoms with Crippen molar-refractivity contribution in [2.45, 2.75) is 33.4 Å². The number of hydrogen-bond acceptors (Lipinski definition) is 5. The van der Waals surface area contributed by atoms with E-state index in [1.807, 2.05) is 26.8 Å². The van der Waals surface area contributed by atoms with Gasteiger partial charge in [-0.15, -0.1) is 0 Å². The van der Waals surface area contributed by atoms with Gasteiger partial charge in [-0.2, -0.15) is 5.26 Å². The molecule has 0 aliphatic heterocycles. The van der Waals surface area contributed by atoms with Crippen molar-refractivity contribution in [3.63, 3.8) is 0 Å². The SMILES string of the molecule is CCOc1cc(/C=C(/C#N)C(=O)NC(C)C)ccc1OCc1ccc(C(=O)O)cc1. The van der Waals surface area contributed by atoms with Gasteiger partial charge in [0.1, 0.15) is 18.2 Å². The summed E-state index contributed by atoms with van der Waals surface area (Å²) in [6.07, 6.45) is 1.49. The number of carboxylic acids is 1. The lowest BCUT2D eigenvalue weighted by atomic mass is 10.1. The standard InChI is InChI=1S/C23H24N2O5/c1-4-29-21-12-17(11-19(13-24)22(26)25-15(2)3)7-10-20(21)30-14-16-5-8-18(9-6-16)23(27)28/h5-12,15H,4,14H2,1-3H3,(H,25,26)(H,27,28)/b19-11-.